The van der Waals surface area contributed by atoms with Crippen molar-refractivity contribution in [3.63, 3.8) is 0 Å². The van der Waals surface area contributed by atoms with Gasteiger partial charge in [0.2, 0.25) is 5.88 Å². The first-order chi connectivity index (χ1) is 9.17. The van der Waals surface area contributed by atoms with Gasteiger partial charge in [-0.3, -0.25) is 0 Å². The highest BCUT2D eigenvalue weighted by Crippen LogP contribution is 2.31. The Labute approximate surface area is 115 Å². The third-order valence-electron chi connectivity index (χ3n) is 4.21. The summed E-state index contributed by atoms with van der Waals surface area (Å²) in [6, 6.07) is 3.88. The van der Waals surface area contributed by atoms with Crippen molar-refractivity contribution in [2.45, 2.75) is 44.7 Å². The Balaban J connectivity index is 1.91. The highest BCUT2D eigenvalue weighted by molar-refractivity contribution is 5.17. The van der Waals surface area contributed by atoms with Crippen LogP contribution in [-0.2, 0) is 6.54 Å². The maximum atomic E-state index is 9.69. The molecule has 1 aliphatic carbocycles. The van der Waals surface area contributed by atoms with Crippen molar-refractivity contribution in [1.82, 2.24) is 10.3 Å². The van der Waals surface area contributed by atoms with Crippen LogP contribution in [0.3, 0.4) is 0 Å². The van der Waals surface area contributed by atoms with Gasteiger partial charge in [-0.1, -0.05) is 13.0 Å². The van der Waals surface area contributed by atoms with E-state index in [4.69, 9.17) is 4.74 Å². The number of hydrogen-bond donors (Lipinski definition) is 2. The van der Waals surface area contributed by atoms with Crippen molar-refractivity contribution in [2.24, 2.45) is 5.92 Å². The lowest BCUT2D eigenvalue weighted by Gasteiger charge is -2.39. The highest BCUT2D eigenvalue weighted by Gasteiger charge is 2.32. The summed E-state index contributed by atoms with van der Waals surface area (Å²) in [5, 5.41) is 13.2. The third kappa shape index (κ3) is 3.67. The Kier molecular flexibility index (Phi) is 4.77. The largest absolute Gasteiger partial charge is 0.481 e. The van der Waals surface area contributed by atoms with Crippen LogP contribution in [0, 0.1) is 5.92 Å². The predicted molar refractivity (Wildman–Crippen MR) is 75.1 cm³/mol. The van der Waals surface area contributed by atoms with E-state index in [0.717, 1.165) is 30.9 Å². The number of methoxy groups -OCH3 is 1. The van der Waals surface area contributed by atoms with E-state index in [1.165, 1.54) is 12.8 Å². The fourth-order valence-electron chi connectivity index (χ4n) is 2.63. The average molecular weight is 264 g/mol. The number of aromatic nitrogens is 1. The highest BCUT2D eigenvalue weighted by atomic mass is 16.5. The van der Waals surface area contributed by atoms with Crippen LogP contribution in [0.15, 0.2) is 18.3 Å². The van der Waals surface area contributed by atoms with Gasteiger partial charge in [0.15, 0.2) is 0 Å². The molecule has 19 heavy (non-hydrogen) atoms. The van der Waals surface area contributed by atoms with Gasteiger partial charge in [-0.2, -0.15) is 0 Å². The van der Waals surface area contributed by atoms with E-state index in [0.29, 0.717) is 5.88 Å². The fourth-order valence-corrected chi connectivity index (χ4v) is 2.63. The summed E-state index contributed by atoms with van der Waals surface area (Å²) in [6.07, 6.45) is 6.30. The van der Waals surface area contributed by atoms with Gasteiger partial charge in [-0.25, -0.2) is 4.98 Å². The van der Waals surface area contributed by atoms with Crippen LogP contribution in [0.25, 0.3) is 0 Å². The number of aliphatic hydroxyl groups excluding tert-OH is 1. The topological polar surface area (TPSA) is 54.4 Å². The first kappa shape index (κ1) is 14.3. The molecule has 0 amide bonds. The Morgan fingerprint density at radius 3 is 2.68 bits per heavy atom. The summed E-state index contributed by atoms with van der Waals surface area (Å²) in [4.78, 5) is 4.20. The first-order valence-corrected chi connectivity index (χ1v) is 7.02. The van der Waals surface area contributed by atoms with Crippen LogP contribution in [0.2, 0.25) is 0 Å². The van der Waals surface area contributed by atoms with Gasteiger partial charge >= 0.3 is 0 Å². The molecule has 0 unspecified atom stereocenters. The van der Waals surface area contributed by atoms with Gasteiger partial charge in [0.25, 0.3) is 0 Å². The summed E-state index contributed by atoms with van der Waals surface area (Å²) in [5.74, 6) is 1.41. The Hall–Kier alpha value is -1.13. The molecule has 1 heterocycles. The van der Waals surface area contributed by atoms with Crippen LogP contribution in [0.5, 0.6) is 5.88 Å². The number of rotatable bonds is 5. The summed E-state index contributed by atoms with van der Waals surface area (Å²) < 4.78 is 5.04. The lowest BCUT2D eigenvalue weighted by atomic mass is 9.77. The van der Waals surface area contributed by atoms with Crippen LogP contribution in [0.4, 0.5) is 0 Å². The Bertz CT molecular complexity index is 384. The zero-order chi connectivity index (χ0) is 13.7. The van der Waals surface area contributed by atoms with Gasteiger partial charge in [0.1, 0.15) is 0 Å². The molecule has 1 aromatic rings. The molecule has 1 saturated carbocycles. The molecule has 1 fully saturated rings. The van der Waals surface area contributed by atoms with Gasteiger partial charge in [0.05, 0.1) is 13.7 Å². The zero-order valence-corrected chi connectivity index (χ0v) is 11.9. The molecule has 1 aliphatic rings. The minimum Gasteiger partial charge on any atom is -0.481 e. The minimum atomic E-state index is -0.105. The number of hydrogen-bond acceptors (Lipinski definition) is 4. The molecule has 106 valence electrons. The van der Waals surface area contributed by atoms with Crippen molar-refractivity contribution in [2.75, 3.05) is 13.7 Å². The molecule has 0 aromatic carbocycles. The van der Waals surface area contributed by atoms with E-state index >= 15 is 0 Å². The van der Waals surface area contributed by atoms with Crippen molar-refractivity contribution < 1.29 is 9.84 Å². The molecule has 4 heteroatoms. The number of aliphatic hydroxyl groups is 1. The lowest BCUT2D eigenvalue weighted by molar-refractivity contribution is 0.104. The van der Waals surface area contributed by atoms with Crippen molar-refractivity contribution in [1.29, 1.82) is 0 Å². The van der Waals surface area contributed by atoms with E-state index in [9.17, 15) is 5.11 Å². The van der Waals surface area contributed by atoms with Crippen molar-refractivity contribution in [3.8, 4) is 5.88 Å². The molecule has 2 N–H and O–H groups in total. The van der Waals surface area contributed by atoms with Gasteiger partial charge in [-0.15, -0.1) is 0 Å². The molecule has 2 rings (SSSR count). The standard InChI is InChI=1S/C15H24N2O2/c1-12-5-7-15(11-18,8-6-12)17-10-13-3-4-14(19-2)16-9-13/h3-4,9,12,17-18H,5-8,10-11H2,1-2H3. The average Bonchev–Trinajstić information content (AvgIpc) is 2.48. The summed E-state index contributed by atoms with van der Waals surface area (Å²) in [5.41, 5.74) is 1.01. The van der Waals surface area contributed by atoms with Crippen molar-refractivity contribution in [3.05, 3.63) is 23.9 Å². The summed E-state index contributed by atoms with van der Waals surface area (Å²) in [6.45, 7) is 3.24. The second kappa shape index (κ2) is 6.35. The number of nitrogens with one attached hydrogen (secondary N) is 1. The van der Waals surface area contributed by atoms with Crippen molar-refractivity contribution >= 4 is 0 Å². The van der Waals surface area contributed by atoms with E-state index in [1.54, 1.807) is 7.11 Å². The normalized spacial score (nSPS) is 27.2. The maximum absolute atomic E-state index is 9.69. The zero-order valence-electron chi connectivity index (χ0n) is 11.9. The Morgan fingerprint density at radius 2 is 2.16 bits per heavy atom. The van der Waals surface area contributed by atoms with E-state index in [2.05, 4.69) is 17.2 Å². The quantitative estimate of drug-likeness (QED) is 0.855. The van der Waals surface area contributed by atoms with Gasteiger partial charge in [-0.05, 0) is 37.2 Å². The smallest absolute Gasteiger partial charge is 0.212 e. The second-order valence-corrected chi connectivity index (χ2v) is 5.68. The fraction of sp³-hybridized carbons (Fsp3) is 0.667. The number of nitrogens with zero attached hydrogens (tertiary/aromatic N) is 1. The SMILES string of the molecule is COc1ccc(CNC2(CO)CCC(C)CC2)cn1. The maximum Gasteiger partial charge on any atom is 0.212 e. The molecule has 0 bridgehead atoms. The monoisotopic (exact) mass is 264 g/mol. The molecule has 0 aliphatic heterocycles. The molecule has 1 aromatic heterocycles. The molecule has 0 spiro atoms. The lowest BCUT2D eigenvalue weighted by Crippen LogP contribution is -2.50. The van der Waals surface area contributed by atoms with E-state index in [1.807, 2.05) is 18.3 Å². The Morgan fingerprint density at radius 1 is 1.42 bits per heavy atom. The molecule has 0 saturated heterocycles. The van der Waals surface area contributed by atoms with Crippen LogP contribution < -0.4 is 10.1 Å². The third-order valence-corrected chi connectivity index (χ3v) is 4.21. The summed E-state index contributed by atoms with van der Waals surface area (Å²) in [7, 11) is 1.62. The number of ether oxygens (including phenoxy) is 1. The second-order valence-electron chi connectivity index (χ2n) is 5.68. The molecular formula is C15H24N2O2. The molecule has 0 radical (unpaired) electrons. The molecule has 0 atom stereocenters. The van der Waals surface area contributed by atoms with Crippen LogP contribution in [0.1, 0.15) is 38.2 Å². The van der Waals surface area contributed by atoms with Gasteiger partial charge < -0.3 is 15.2 Å². The molecular weight excluding hydrogens is 240 g/mol. The summed E-state index contributed by atoms with van der Waals surface area (Å²) >= 11 is 0. The number of pyridine rings is 1. The predicted octanol–water partition coefficient (Wildman–Crippen LogP) is 2.12. The minimum absolute atomic E-state index is 0.105. The van der Waals surface area contributed by atoms with Crippen LogP contribution >= 0.6 is 0 Å². The van der Waals surface area contributed by atoms with Crippen LogP contribution in [-0.4, -0.2) is 29.3 Å². The van der Waals surface area contributed by atoms with E-state index < -0.39 is 0 Å². The van der Waals surface area contributed by atoms with E-state index in [-0.39, 0.29) is 12.1 Å². The molecule has 4 nitrogen and oxygen atoms in total. The van der Waals surface area contributed by atoms with Gasteiger partial charge in [0, 0.05) is 24.3 Å². The first-order valence-electron chi connectivity index (χ1n) is 7.02.